The fourth-order valence-electron chi connectivity index (χ4n) is 3.61. The Bertz CT molecular complexity index is 431. The summed E-state index contributed by atoms with van der Waals surface area (Å²) < 4.78 is 5.15. The number of likely N-dealkylation sites (tertiary alicyclic amines) is 2. The maximum atomic E-state index is 12.4. The van der Waals surface area contributed by atoms with E-state index in [4.69, 9.17) is 4.74 Å². The molecule has 23 heavy (non-hydrogen) atoms. The molecular formula is C17H31N3O3. The van der Waals surface area contributed by atoms with Gasteiger partial charge in [-0.15, -0.1) is 0 Å². The molecule has 2 saturated heterocycles. The largest absolute Gasteiger partial charge is 0.383 e. The molecule has 2 aliphatic rings. The lowest BCUT2D eigenvalue weighted by atomic mass is 9.85. The van der Waals surface area contributed by atoms with Crippen LogP contribution in [-0.4, -0.2) is 85.0 Å². The van der Waals surface area contributed by atoms with Crippen molar-refractivity contribution < 1.29 is 14.3 Å². The Labute approximate surface area is 139 Å². The first-order chi connectivity index (χ1) is 10.9. The van der Waals surface area contributed by atoms with Gasteiger partial charge in [-0.1, -0.05) is 0 Å². The number of nitrogens with zero attached hydrogens (tertiary/aromatic N) is 3. The van der Waals surface area contributed by atoms with Crippen LogP contribution >= 0.6 is 0 Å². The molecule has 2 heterocycles. The molecule has 0 aromatic rings. The fourth-order valence-corrected chi connectivity index (χ4v) is 3.61. The summed E-state index contributed by atoms with van der Waals surface area (Å²) in [4.78, 5) is 30.6. The van der Waals surface area contributed by atoms with Crippen LogP contribution in [0.5, 0.6) is 0 Å². The van der Waals surface area contributed by atoms with Crippen molar-refractivity contribution in [2.24, 2.45) is 0 Å². The smallest absolute Gasteiger partial charge is 0.236 e. The first kappa shape index (κ1) is 18.2. The molecule has 6 nitrogen and oxygen atoms in total. The van der Waals surface area contributed by atoms with Gasteiger partial charge in [0.1, 0.15) is 0 Å². The lowest BCUT2D eigenvalue weighted by molar-refractivity contribution is -0.137. The van der Waals surface area contributed by atoms with E-state index >= 15 is 0 Å². The molecule has 0 saturated carbocycles. The summed E-state index contributed by atoms with van der Waals surface area (Å²) in [5.41, 5.74) is -0.0453. The quantitative estimate of drug-likeness (QED) is 0.730. The topological polar surface area (TPSA) is 53.1 Å². The minimum atomic E-state index is -0.0453. The Morgan fingerprint density at radius 1 is 1.30 bits per heavy atom. The van der Waals surface area contributed by atoms with E-state index in [1.165, 1.54) is 0 Å². The number of hydrogen-bond acceptors (Lipinski definition) is 4. The van der Waals surface area contributed by atoms with E-state index in [9.17, 15) is 9.59 Å². The Morgan fingerprint density at radius 3 is 2.52 bits per heavy atom. The van der Waals surface area contributed by atoms with Crippen molar-refractivity contribution in [2.75, 3.05) is 46.9 Å². The van der Waals surface area contributed by atoms with Crippen LogP contribution in [0.2, 0.25) is 0 Å². The van der Waals surface area contributed by atoms with Crippen molar-refractivity contribution in [3.05, 3.63) is 0 Å². The van der Waals surface area contributed by atoms with Crippen LogP contribution in [0.15, 0.2) is 0 Å². The second-order valence-electron chi connectivity index (χ2n) is 7.15. The van der Waals surface area contributed by atoms with E-state index in [0.29, 0.717) is 32.2 Å². The van der Waals surface area contributed by atoms with Gasteiger partial charge in [-0.25, -0.2) is 0 Å². The summed E-state index contributed by atoms with van der Waals surface area (Å²) in [5.74, 6) is 0.435. The van der Waals surface area contributed by atoms with Crippen LogP contribution in [0.1, 0.15) is 39.5 Å². The lowest BCUT2D eigenvalue weighted by Crippen LogP contribution is -2.55. The number of rotatable bonds is 6. The van der Waals surface area contributed by atoms with E-state index < -0.39 is 0 Å². The van der Waals surface area contributed by atoms with Gasteiger partial charge in [0.2, 0.25) is 11.8 Å². The highest BCUT2D eigenvalue weighted by molar-refractivity contribution is 5.80. The van der Waals surface area contributed by atoms with Gasteiger partial charge in [0, 0.05) is 44.7 Å². The molecule has 132 valence electrons. The van der Waals surface area contributed by atoms with Crippen molar-refractivity contribution >= 4 is 11.8 Å². The highest BCUT2D eigenvalue weighted by atomic mass is 16.5. The third-order valence-electron chi connectivity index (χ3n) is 5.51. The number of methoxy groups -OCH3 is 1. The van der Waals surface area contributed by atoms with Crippen LogP contribution in [0.4, 0.5) is 0 Å². The van der Waals surface area contributed by atoms with Gasteiger partial charge in [0.05, 0.1) is 13.2 Å². The van der Waals surface area contributed by atoms with Crippen LogP contribution < -0.4 is 0 Å². The lowest BCUT2D eigenvalue weighted by Gasteiger charge is -2.45. The molecule has 0 unspecified atom stereocenters. The van der Waals surface area contributed by atoms with E-state index in [1.807, 2.05) is 16.8 Å². The van der Waals surface area contributed by atoms with Crippen molar-refractivity contribution in [3.8, 4) is 0 Å². The second-order valence-corrected chi connectivity index (χ2v) is 7.15. The first-order valence-corrected chi connectivity index (χ1v) is 8.67. The van der Waals surface area contributed by atoms with Gasteiger partial charge in [-0.2, -0.15) is 0 Å². The van der Waals surface area contributed by atoms with Gasteiger partial charge < -0.3 is 14.5 Å². The minimum Gasteiger partial charge on any atom is -0.383 e. The van der Waals surface area contributed by atoms with E-state index in [2.05, 4.69) is 18.7 Å². The Kier molecular flexibility index (Phi) is 6.03. The predicted octanol–water partition coefficient (Wildman–Crippen LogP) is 0.957. The number of ether oxygens (including phenoxy) is 1. The van der Waals surface area contributed by atoms with Crippen LogP contribution in [0, 0.1) is 0 Å². The monoisotopic (exact) mass is 325 g/mol. The number of carbonyl (C=O) groups is 2. The van der Waals surface area contributed by atoms with Crippen molar-refractivity contribution in [3.63, 3.8) is 0 Å². The number of piperidine rings is 1. The molecule has 0 aromatic carbocycles. The van der Waals surface area contributed by atoms with E-state index in [-0.39, 0.29) is 17.4 Å². The predicted molar refractivity (Wildman–Crippen MR) is 89.1 cm³/mol. The zero-order valence-corrected chi connectivity index (χ0v) is 15.0. The fraction of sp³-hybridized carbons (Fsp3) is 0.882. The number of likely N-dealkylation sites (N-methyl/N-ethyl adjacent to an activating group) is 1. The van der Waals surface area contributed by atoms with Crippen molar-refractivity contribution in [1.82, 2.24) is 14.7 Å². The first-order valence-electron chi connectivity index (χ1n) is 8.67. The molecule has 0 bridgehead atoms. The van der Waals surface area contributed by atoms with Gasteiger partial charge in [-0.05, 0) is 40.2 Å². The maximum absolute atomic E-state index is 12.4. The van der Waals surface area contributed by atoms with Crippen LogP contribution in [0.25, 0.3) is 0 Å². The third kappa shape index (κ3) is 4.04. The highest BCUT2D eigenvalue weighted by Gasteiger charge is 2.47. The van der Waals surface area contributed by atoms with E-state index in [1.54, 1.807) is 7.11 Å². The SMILES string of the molecule is COCCN1C(=O)CCC12CCN(C(=O)CN(C)C(C)C)CC2. The molecule has 0 aromatic heterocycles. The van der Waals surface area contributed by atoms with E-state index in [0.717, 1.165) is 32.4 Å². The minimum absolute atomic E-state index is 0.0453. The summed E-state index contributed by atoms with van der Waals surface area (Å²) >= 11 is 0. The Morgan fingerprint density at radius 2 is 1.96 bits per heavy atom. The molecule has 2 amide bonds. The molecular weight excluding hydrogens is 294 g/mol. The van der Waals surface area contributed by atoms with Crippen LogP contribution in [-0.2, 0) is 14.3 Å². The molecule has 2 fully saturated rings. The Balaban J connectivity index is 1.92. The van der Waals surface area contributed by atoms with Gasteiger partial charge >= 0.3 is 0 Å². The average Bonchev–Trinajstić information content (AvgIpc) is 2.82. The average molecular weight is 325 g/mol. The number of carbonyl (C=O) groups excluding carboxylic acids is 2. The van der Waals surface area contributed by atoms with Crippen molar-refractivity contribution in [2.45, 2.75) is 51.1 Å². The molecule has 6 heteroatoms. The Hall–Kier alpha value is -1.14. The maximum Gasteiger partial charge on any atom is 0.236 e. The summed E-state index contributed by atoms with van der Waals surface area (Å²) in [7, 11) is 3.65. The number of amides is 2. The van der Waals surface area contributed by atoms with Gasteiger partial charge in [0.25, 0.3) is 0 Å². The molecule has 0 N–H and O–H groups in total. The standard InChI is InChI=1S/C17H31N3O3/c1-14(2)18(3)13-16(22)19-9-7-17(8-10-19)6-5-15(21)20(17)11-12-23-4/h14H,5-13H2,1-4H3. The molecule has 2 rings (SSSR count). The summed E-state index contributed by atoms with van der Waals surface area (Å²) in [6, 6.07) is 0.368. The summed E-state index contributed by atoms with van der Waals surface area (Å²) in [6.07, 6.45) is 3.33. The van der Waals surface area contributed by atoms with Crippen molar-refractivity contribution in [1.29, 1.82) is 0 Å². The molecule has 0 atom stereocenters. The normalized spacial score (nSPS) is 21.0. The molecule has 0 radical (unpaired) electrons. The van der Waals surface area contributed by atoms with Gasteiger partial charge in [-0.3, -0.25) is 14.5 Å². The number of hydrogen-bond donors (Lipinski definition) is 0. The molecule has 0 aliphatic carbocycles. The summed E-state index contributed by atoms with van der Waals surface area (Å²) in [5, 5.41) is 0. The summed E-state index contributed by atoms with van der Waals surface area (Å²) in [6.45, 7) is 7.40. The third-order valence-corrected chi connectivity index (χ3v) is 5.51. The molecule has 1 spiro atoms. The van der Waals surface area contributed by atoms with Crippen LogP contribution in [0.3, 0.4) is 0 Å². The molecule has 2 aliphatic heterocycles. The second kappa shape index (κ2) is 7.62. The van der Waals surface area contributed by atoms with Gasteiger partial charge in [0.15, 0.2) is 0 Å². The highest BCUT2D eigenvalue weighted by Crippen LogP contribution is 2.38. The zero-order valence-electron chi connectivity index (χ0n) is 15.0. The zero-order chi connectivity index (χ0) is 17.0.